The second kappa shape index (κ2) is 9.93. The van der Waals surface area contributed by atoms with E-state index in [0.29, 0.717) is 25.2 Å². The molecule has 7 nitrogen and oxygen atoms in total. The number of anilines is 1. The summed E-state index contributed by atoms with van der Waals surface area (Å²) in [6, 6.07) is 5.94. The zero-order valence-electron chi connectivity index (χ0n) is 17.2. The molecule has 2 aliphatic heterocycles. The summed E-state index contributed by atoms with van der Waals surface area (Å²) < 4.78 is 0. The highest BCUT2D eigenvalue weighted by Crippen LogP contribution is 2.18. The van der Waals surface area contributed by atoms with E-state index < -0.39 is 0 Å². The molecule has 0 unspecified atom stereocenters. The third-order valence-electron chi connectivity index (χ3n) is 5.83. The van der Waals surface area contributed by atoms with Gasteiger partial charge in [0.1, 0.15) is 5.82 Å². The van der Waals surface area contributed by atoms with Crippen LogP contribution in [0.5, 0.6) is 0 Å². The molecule has 2 aliphatic rings. The van der Waals surface area contributed by atoms with Crippen molar-refractivity contribution in [2.45, 2.75) is 44.7 Å². The summed E-state index contributed by atoms with van der Waals surface area (Å²) >= 11 is 1.52. The number of pyridine rings is 1. The molecule has 0 aliphatic carbocycles. The Morgan fingerprint density at radius 1 is 1.10 bits per heavy atom. The summed E-state index contributed by atoms with van der Waals surface area (Å²) in [5.41, 5.74) is 1.78. The maximum atomic E-state index is 12.6. The molecule has 2 saturated heterocycles. The smallest absolute Gasteiger partial charge is 0.317 e. The lowest BCUT2D eigenvalue weighted by atomic mass is 10.0. The first-order valence-corrected chi connectivity index (χ1v) is 11.7. The number of likely N-dealkylation sites (tertiary alicyclic amines) is 1. The van der Waals surface area contributed by atoms with Crippen LogP contribution in [0, 0.1) is 0 Å². The highest BCUT2D eigenvalue weighted by molar-refractivity contribution is 7.08. The molecule has 2 aromatic heterocycles. The number of nitrogens with one attached hydrogen (secondary N) is 2. The van der Waals surface area contributed by atoms with Crippen LogP contribution in [0.1, 0.15) is 48.0 Å². The number of urea groups is 1. The fourth-order valence-corrected chi connectivity index (χ4v) is 4.68. The SMILES string of the molecule is O=C(NC1CCN(C(=O)NCc2ccnc(N3CCCCC3)c2)CC1)c1ccsc1. The Bertz CT molecular complexity index is 843. The van der Waals surface area contributed by atoms with Crippen molar-refractivity contribution in [1.82, 2.24) is 20.5 Å². The number of hydrogen-bond donors (Lipinski definition) is 2. The summed E-state index contributed by atoms with van der Waals surface area (Å²) in [5.74, 6) is 0.977. The van der Waals surface area contributed by atoms with Crippen molar-refractivity contribution in [3.63, 3.8) is 0 Å². The van der Waals surface area contributed by atoms with Crippen LogP contribution in [0.3, 0.4) is 0 Å². The summed E-state index contributed by atoms with van der Waals surface area (Å²) in [6.45, 7) is 3.91. The molecule has 2 fully saturated rings. The van der Waals surface area contributed by atoms with Gasteiger partial charge in [-0.3, -0.25) is 4.79 Å². The molecule has 4 heterocycles. The lowest BCUT2D eigenvalue weighted by Crippen LogP contribution is -2.49. The maximum absolute atomic E-state index is 12.6. The quantitative estimate of drug-likeness (QED) is 0.768. The average molecular weight is 428 g/mol. The predicted molar refractivity (Wildman–Crippen MR) is 119 cm³/mol. The first-order chi connectivity index (χ1) is 14.7. The molecule has 0 spiro atoms. The van der Waals surface area contributed by atoms with Gasteiger partial charge in [-0.25, -0.2) is 9.78 Å². The van der Waals surface area contributed by atoms with E-state index in [4.69, 9.17) is 0 Å². The highest BCUT2D eigenvalue weighted by Gasteiger charge is 2.24. The van der Waals surface area contributed by atoms with E-state index >= 15 is 0 Å². The summed E-state index contributed by atoms with van der Waals surface area (Å²) in [4.78, 5) is 33.4. The monoisotopic (exact) mass is 427 g/mol. The van der Waals surface area contributed by atoms with E-state index in [1.54, 1.807) is 0 Å². The van der Waals surface area contributed by atoms with Crippen molar-refractivity contribution in [1.29, 1.82) is 0 Å². The van der Waals surface area contributed by atoms with E-state index in [1.165, 1.54) is 30.6 Å². The van der Waals surface area contributed by atoms with Gasteiger partial charge in [0.05, 0.1) is 0 Å². The number of carbonyl (C=O) groups excluding carboxylic acids is 2. The third-order valence-corrected chi connectivity index (χ3v) is 6.52. The molecule has 0 atom stereocenters. The van der Waals surface area contributed by atoms with Crippen molar-refractivity contribution in [3.8, 4) is 0 Å². The Morgan fingerprint density at radius 2 is 1.90 bits per heavy atom. The molecule has 0 saturated carbocycles. The average Bonchev–Trinajstić information content (AvgIpc) is 3.34. The minimum Gasteiger partial charge on any atom is -0.357 e. The number of hydrogen-bond acceptors (Lipinski definition) is 5. The molecular formula is C22H29N5O2S. The number of amides is 3. The van der Waals surface area contributed by atoms with Gasteiger partial charge in [-0.05, 0) is 61.2 Å². The zero-order valence-corrected chi connectivity index (χ0v) is 18.0. The number of rotatable bonds is 5. The van der Waals surface area contributed by atoms with Gasteiger partial charge in [-0.15, -0.1) is 0 Å². The lowest BCUT2D eigenvalue weighted by molar-refractivity contribution is 0.0918. The van der Waals surface area contributed by atoms with Gasteiger partial charge < -0.3 is 20.4 Å². The molecule has 160 valence electrons. The van der Waals surface area contributed by atoms with Crippen LogP contribution < -0.4 is 15.5 Å². The van der Waals surface area contributed by atoms with Crippen molar-refractivity contribution in [3.05, 3.63) is 46.3 Å². The molecule has 4 rings (SSSR count). The van der Waals surface area contributed by atoms with Crippen molar-refractivity contribution in [2.24, 2.45) is 0 Å². The van der Waals surface area contributed by atoms with Gasteiger partial charge in [0.25, 0.3) is 5.91 Å². The van der Waals surface area contributed by atoms with Crippen LogP contribution in [0.2, 0.25) is 0 Å². The first kappa shape index (κ1) is 20.7. The van der Waals surface area contributed by atoms with Gasteiger partial charge in [0.15, 0.2) is 0 Å². The van der Waals surface area contributed by atoms with E-state index in [9.17, 15) is 9.59 Å². The Hall–Kier alpha value is -2.61. The van der Waals surface area contributed by atoms with Crippen LogP contribution in [-0.2, 0) is 6.54 Å². The number of carbonyl (C=O) groups is 2. The van der Waals surface area contributed by atoms with E-state index in [1.807, 2.05) is 34.0 Å². The third kappa shape index (κ3) is 5.30. The van der Waals surface area contributed by atoms with Crippen molar-refractivity contribution in [2.75, 3.05) is 31.1 Å². The topological polar surface area (TPSA) is 77.6 Å². The molecule has 0 bridgehead atoms. The second-order valence-electron chi connectivity index (χ2n) is 7.98. The fraction of sp³-hybridized carbons (Fsp3) is 0.500. The van der Waals surface area contributed by atoms with Crippen LogP contribution >= 0.6 is 11.3 Å². The van der Waals surface area contributed by atoms with Crippen LogP contribution in [-0.4, -0.2) is 54.0 Å². The van der Waals surface area contributed by atoms with Crippen LogP contribution in [0.25, 0.3) is 0 Å². The van der Waals surface area contributed by atoms with Gasteiger partial charge in [-0.2, -0.15) is 11.3 Å². The highest BCUT2D eigenvalue weighted by atomic mass is 32.1. The maximum Gasteiger partial charge on any atom is 0.317 e. The minimum atomic E-state index is -0.0473. The molecule has 3 amide bonds. The van der Waals surface area contributed by atoms with Gasteiger partial charge in [0, 0.05) is 55.9 Å². The van der Waals surface area contributed by atoms with Gasteiger partial charge in [0.2, 0.25) is 0 Å². The summed E-state index contributed by atoms with van der Waals surface area (Å²) in [6.07, 6.45) is 7.10. The summed E-state index contributed by atoms with van der Waals surface area (Å²) in [5, 5.41) is 9.86. The van der Waals surface area contributed by atoms with Gasteiger partial charge >= 0.3 is 6.03 Å². The molecule has 0 radical (unpaired) electrons. The largest absolute Gasteiger partial charge is 0.357 e. The molecule has 8 heteroatoms. The standard InChI is InChI=1S/C22H29N5O2S/c28-21(18-7-13-30-16-18)25-19-5-11-27(12-6-19)22(29)24-15-17-4-8-23-20(14-17)26-9-2-1-3-10-26/h4,7-8,13-14,16,19H,1-3,5-6,9-12,15H2,(H,24,29)(H,25,28). The minimum absolute atomic E-state index is 0.0265. The van der Waals surface area contributed by atoms with Crippen molar-refractivity contribution >= 4 is 29.1 Å². The molecule has 2 N–H and O–H groups in total. The van der Waals surface area contributed by atoms with E-state index in [-0.39, 0.29) is 18.0 Å². The second-order valence-corrected chi connectivity index (χ2v) is 8.76. The lowest BCUT2D eigenvalue weighted by Gasteiger charge is -2.32. The van der Waals surface area contributed by atoms with Crippen LogP contribution in [0.4, 0.5) is 10.6 Å². The first-order valence-electron chi connectivity index (χ1n) is 10.7. The van der Waals surface area contributed by atoms with Crippen LogP contribution in [0.15, 0.2) is 35.2 Å². The molecule has 0 aromatic carbocycles. The van der Waals surface area contributed by atoms with E-state index in [0.717, 1.165) is 37.3 Å². The Balaban J connectivity index is 1.22. The Morgan fingerprint density at radius 3 is 2.63 bits per heavy atom. The fourth-order valence-electron chi connectivity index (χ4n) is 4.05. The number of nitrogens with zero attached hydrogens (tertiary/aromatic N) is 3. The summed E-state index contributed by atoms with van der Waals surface area (Å²) in [7, 11) is 0. The molecular weight excluding hydrogens is 398 g/mol. The molecule has 30 heavy (non-hydrogen) atoms. The predicted octanol–water partition coefficient (Wildman–Crippen LogP) is 3.24. The van der Waals surface area contributed by atoms with E-state index in [2.05, 4.69) is 26.6 Å². The Kier molecular flexibility index (Phi) is 6.84. The normalized spacial score (nSPS) is 17.6. The van der Waals surface area contributed by atoms with Gasteiger partial charge in [-0.1, -0.05) is 0 Å². The zero-order chi connectivity index (χ0) is 20.8. The number of piperidine rings is 2. The number of thiophene rings is 1. The van der Waals surface area contributed by atoms with Crippen molar-refractivity contribution < 1.29 is 9.59 Å². The number of aromatic nitrogens is 1. The molecule has 2 aromatic rings. The Labute approximate surface area is 181 Å².